The zero-order valence-electron chi connectivity index (χ0n) is 20.2. The van der Waals surface area contributed by atoms with Gasteiger partial charge in [0.05, 0.1) is 17.0 Å². The first kappa shape index (κ1) is 27.0. The summed E-state index contributed by atoms with van der Waals surface area (Å²) >= 11 is 6.71. The SMILES string of the molecule is COc1ccccc1C(=O)NC[C@]1(c2ccccc2)CC[C@H](NC(=O)NS(=O)(=O)c2ccc(Cl)s2)CC1. The van der Waals surface area contributed by atoms with Gasteiger partial charge in [0.25, 0.3) is 15.9 Å². The van der Waals surface area contributed by atoms with Gasteiger partial charge in [-0.15, -0.1) is 11.3 Å². The molecule has 0 unspecified atom stereocenters. The molecule has 8 nitrogen and oxygen atoms in total. The third kappa shape index (κ3) is 6.44. The number of thiophene rings is 1. The van der Waals surface area contributed by atoms with Gasteiger partial charge in [-0.1, -0.05) is 54.1 Å². The molecule has 1 aliphatic carbocycles. The van der Waals surface area contributed by atoms with Crippen molar-refractivity contribution in [3.05, 3.63) is 82.2 Å². The first-order valence-corrected chi connectivity index (χ1v) is 14.5. The third-order valence-corrected chi connectivity index (χ3v) is 9.70. The Morgan fingerprint density at radius 1 is 1.03 bits per heavy atom. The van der Waals surface area contributed by atoms with E-state index in [2.05, 4.69) is 27.5 Å². The minimum absolute atomic E-state index is 0.0230. The number of hydrogen-bond acceptors (Lipinski definition) is 6. The van der Waals surface area contributed by atoms with Crippen LogP contribution in [0.4, 0.5) is 4.79 Å². The van der Waals surface area contributed by atoms with Crippen molar-refractivity contribution in [1.29, 1.82) is 0 Å². The Morgan fingerprint density at radius 2 is 1.70 bits per heavy atom. The standard InChI is InChI=1S/C26H28ClN3O5S2/c1-35-21-10-6-5-9-20(21)24(31)28-17-26(18-7-3-2-4-8-18)15-13-19(14-16-26)29-25(32)30-37(33,34)23-12-11-22(27)36-23/h2-12,19H,13-17H2,1H3,(H,28,31)(H2,29,30,32)/t19-,26-. The average Bonchev–Trinajstić information content (AvgIpc) is 3.36. The minimum Gasteiger partial charge on any atom is -0.496 e. The number of benzene rings is 2. The van der Waals surface area contributed by atoms with E-state index in [1.807, 2.05) is 24.3 Å². The van der Waals surface area contributed by atoms with Gasteiger partial charge in [-0.2, -0.15) is 0 Å². The molecular formula is C26H28ClN3O5S2. The Bertz CT molecular complexity index is 1350. The first-order valence-electron chi connectivity index (χ1n) is 11.8. The summed E-state index contributed by atoms with van der Waals surface area (Å²) in [6.45, 7) is 0.417. The lowest BCUT2D eigenvalue weighted by atomic mass is 9.68. The number of carbonyl (C=O) groups is 2. The molecular weight excluding hydrogens is 534 g/mol. The van der Waals surface area contributed by atoms with Gasteiger partial charge < -0.3 is 15.4 Å². The molecule has 1 heterocycles. The second-order valence-electron chi connectivity index (χ2n) is 8.94. The summed E-state index contributed by atoms with van der Waals surface area (Å²) in [4.78, 5) is 25.5. The van der Waals surface area contributed by atoms with Crippen molar-refractivity contribution < 1.29 is 22.7 Å². The lowest BCUT2D eigenvalue weighted by Gasteiger charge is -2.41. The van der Waals surface area contributed by atoms with Gasteiger partial charge in [0.2, 0.25) is 0 Å². The van der Waals surface area contributed by atoms with Crippen LogP contribution in [0.15, 0.2) is 70.9 Å². The smallest absolute Gasteiger partial charge is 0.328 e. The van der Waals surface area contributed by atoms with Gasteiger partial charge in [-0.05, 0) is 55.5 Å². The number of hydrogen-bond donors (Lipinski definition) is 3. The van der Waals surface area contributed by atoms with Crippen LogP contribution >= 0.6 is 22.9 Å². The summed E-state index contributed by atoms with van der Waals surface area (Å²) in [7, 11) is -2.46. The molecule has 1 aromatic heterocycles. The molecule has 0 aliphatic heterocycles. The number of ether oxygens (including phenoxy) is 1. The van der Waals surface area contributed by atoms with Crippen LogP contribution in [0.2, 0.25) is 4.34 Å². The number of halogens is 1. The number of para-hydroxylation sites is 1. The maximum absolute atomic E-state index is 13.0. The van der Waals surface area contributed by atoms with E-state index in [9.17, 15) is 18.0 Å². The molecule has 196 valence electrons. The monoisotopic (exact) mass is 561 g/mol. The fourth-order valence-corrected chi connectivity index (χ4v) is 7.08. The van der Waals surface area contributed by atoms with Crippen LogP contribution in [0, 0.1) is 0 Å². The van der Waals surface area contributed by atoms with E-state index in [1.165, 1.54) is 19.2 Å². The number of sulfonamides is 1. The molecule has 11 heteroatoms. The molecule has 3 aromatic rings. The van der Waals surface area contributed by atoms with Crippen LogP contribution in [0.1, 0.15) is 41.6 Å². The van der Waals surface area contributed by atoms with Crippen molar-refractivity contribution in [2.75, 3.05) is 13.7 Å². The van der Waals surface area contributed by atoms with E-state index in [1.54, 1.807) is 18.2 Å². The van der Waals surface area contributed by atoms with Crippen LogP contribution in [0.25, 0.3) is 0 Å². The number of urea groups is 1. The highest BCUT2D eigenvalue weighted by Crippen LogP contribution is 2.39. The predicted molar refractivity (Wildman–Crippen MR) is 144 cm³/mol. The molecule has 1 saturated carbocycles. The van der Waals surface area contributed by atoms with E-state index in [-0.39, 0.29) is 21.6 Å². The third-order valence-electron chi connectivity index (χ3n) is 6.64. The molecule has 0 atom stereocenters. The van der Waals surface area contributed by atoms with Gasteiger partial charge >= 0.3 is 6.03 Å². The van der Waals surface area contributed by atoms with Crippen molar-refractivity contribution >= 4 is 44.9 Å². The lowest BCUT2D eigenvalue weighted by Crippen LogP contribution is -2.50. The number of methoxy groups -OCH3 is 1. The highest BCUT2D eigenvalue weighted by atomic mass is 35.5. The summed E-state index contributed by atoms with van der Waals surface area (Å²) in [5.74, 6) is 0.290. The number of carbonyl (C=O) groups excluding carboxylic acids is 2. The Morgan fingerprint density at radius 3 is 2.35 bits per heavy atom. The number of rotatable bonds is 8. The van der Waals surface area contributed by atoms with E-state index in [4.69, 9.17) is 16.3 Å². The highest BCUT2D eigenvalue weighted by Gasteiger charge is 2.38. The number of amides is 3. The quantitative estimate of drug-likeness (QED) is 0.369. The number of nitrogens with one attached hydrogen (secondary N) is 3. The topological polar surface area (TPSA) is 114 Å². The van der Waals surface area contributed by atoms with E-state index < -0.39 is 16.1 Å². The summed E-state index contributed by atoms with van der Waals surface area (Å²) in [5, 5.41) is 5.87. The molecule has 0 saturated heterocycles. The van der Waals surface area contributed by atoms with Gasteiger partial charge in [-0.3, -0.25) is 4.79 Å². The van der Waals surface area contributed by atoms with Crippen molar-refractivity contribution in [2.24, 2.45) is 0 Å². The van der Waals surface area contributed by atoms with Crippen molar-refractivity contribution in [3.63, 3.8) is 0 Å². The van der Waals surface area contributed by atoms with Gasteiger partial charge in [0.1, 0.15) is 9.96 Å². The predicted octanol–water partition coefficient (Wildman–Crippen LogP) is 4.71. The summed E-state index contributed by atoms with van der Waals surface area (Å²) in [6.07, 6.45) is 2.64. The fraction of sp³-hybridized carbons (Fsp3) is 0.308. The highest BCUT2D eigenvalue weighted by molar-refractivity contribution is 7.92. The van der Waals surface area contributed by atoms with Crippen LogP contribution in [-0.4, -0.2) is 40.1 Å². The van der Waals surface area contributed by atoms with Crippen molar-refractivity contribution in [1.82, 2.24) is 15.4 Å². The Kier molecular flexibility index (Phi) is 8.41. The lowest BCUT2D eigenvalue weighted by molar-refractivity contribution is 0.0932. The second-order valence-corrected chi connectivity index (χ2v) is 12.6. The molecule has 4 rings (SSSR count). The largest absolute Gasteiger partial charge is 0.496 e. The maximum Gasteiger partial charge on any atom is 0.328 e. The zero-order valence-corrected chi connectivity index (χ0v) is 22.6. The van der Waals surface area contributed by atoms with Crippen LogP contribution in [0.3, 0.4) is 0 Å². The molecule has 1 fully saturated rings. The van der Waals surface area contributed by atoms with Crippen LogP contribution < -0.4 is 20.1 Å². The van der Waals surface area contributed by atoms with Crippen LogP contribution in [0.5, 0.6) is 5.75 Å². The van der Waals surface area contributed by atoms with E-state index in [0.29, 0.717) is 47.9 Å². The maximum atomic E-state index is 13.0. The summed E-state index contributed by atoms with van der Waals surface area (Å²) < 4.78 is 32.5. The van der Waals surface area contributed by atoms with Crippen molar-refractivity contribution in [3.8, 4) is 5.75 Å². The molecule has 2 aromatic carbocycles. The zero-order chi connectivity index (χ0) is 26.5. The molecule has 0 radical (unpaired) electrons. The summed E-state index contributed by atoms with van der Waals surface area (Å²) in [5.41, 5.74) is 1.25. The van der Waals surface area contributed by atoms with Gasteiger partial charge in [0, 0.05) is 18.0 Å². The molecule has 3 amide bonds. The Labute approximate surface area is 225 Å². The minimum atomic E-state index is -3.99. The molecule has 1 aliphatic rings. The Hall–Kier alpha value is -3.08. The molecule has 0 bridgehead atoms. The van der Waals surface area contributed by atoms with E-state index in [0.717, 1.165) is 16.9 Å². The fourth-order valence-electron chi connectivity index (χ4n) is 4.68. The van der Waals surface area contributed by atoms with Gasteiger partial charge in [-0.25, -0.2) is 17.9 Å². The molecule has 3 N–H and O–H groups in total. The first-order chi connectivity index (χ1) is 17.7. The van der Waals surface area contributed by atoms with Crippen LogP contribution in [-0.2, 0) is 15.4 Å². The van der Waals surface area contributed by atoms with Crippen molar-refractivity contribution in [2.45, 2.75) is 41.3 Å². The van der Waals surface area contributed by atoms with Gasteiger partial charge in [0.15, 0.2) is 0 Å². The Balaban J connectivity index is 1.41. The average molecular weight is 562 g/mol. The summed E-state index contributed by atoms with van der Waals surface area (Å²) in [6, 6.07) is 18.9. The normalized spacial score (nSPS) is 19.6. The second kappa shape index (κ2) is 11.5. The molecule has 37 heavy (non-hydrogen) atoms. The van der Waals surface area contributed by atoms with E-state index >= 15 is 0 Å². The molecule has 0 spiro atoms.